The summed E-state index contributed by atoms with van der Waals surface area (Å²) in [7, 11) is 0. The molecule has 7 heteroatoms. The second-order valence-corrected chi connectivity index (χ2v) is 7.30. The molecule has 0 aliphatic heterocycles. The highest BCUT2D eigenvalue weighted by molar-refractivity contribution is 7.13. The van der Waals surface area contributed by atoms with E-state index >= 15 is 0 Å². The summed E-state index contributed by atoms with van der Waals surface area (Å²) in [6, 6.07) is 6.06. The van der Waals surface area contributed by atoms with Crippen LogP contribution in [-0.2, 0) is 6.54 Å². The first kappa shape index (κ1) is 19.5. The van der Waals surface area contributed by atoms with E-state index in [9.17, 15) is 9.18 Å². The summed E-state index contributed by atoms with van der Waals surface area (Å²) < 4.78 is 12.9. The molecule has 0 unspecified atom stereocenters. The highest BCUT2D eigenvalue weighted by Crippen LogP contribution is 2.17. The lowest BCUT2D eigenvalue weighted by Gasteiger charge is -2.25. The Kier molecular flexibility index (Phi) is 7.46. The minimum Gasteiger partial charge on any atom is -0.320 e. The molecule has 1 N–H and O–H groups in total. The van der Waals surface area contributed by atoms with E-state index in [0.29, 0.717) is 23.3 Å². The second-order valence-electron chi connectivity index (χ2n) is 6.23. The Bertz CT molecular complexity index is 672. The third-order valence-corrected chi connectivity index (χ3v) is 4.79. The van der Waals surface area contributed by atoms with Gasteiger partial charge < -0.3 is 5.32 Å². The van der Waals surface area contributed by atoms with E-state index in [0.717, 1.165) is 18.0 Å². The fraction of sp³-hybridized carbons (Fsp3) is 0.500. The van der Waals surface area contributed by atoms with E-state index in [4.69, 9.17) is 0 Å². The van der Waals surface area contributed by atoms with Gasteiger partial charge in [-0.15, -0.1) is 10.2 Å². The van der Waals surface area contributed by atoms with Crippen molar-refractivity contribution in [1.82, 2.24) is 15.1 Å². The van der Waals surface area contributed by atoms with E-state index in [-0.39, 0.29) is 11.7 Å². The number of carbonyl (C=O) groups excluding carboxylic acids is 1. The van der Waals surface area contributed by atoms with Gasteiger partial charge in [-0.3, -0.25) is 9.69 Å². The molecule has 5 nitrogen and oxygen atoms in total. The topological polar surface area (TPSA) is 58.1 Å². The molecule has 0 spiro atoms. The minimum atomic E-state index is -0.340. The van der Waals surface area contributed by atoms with Crippen LogP contribution in [0.15, 0.2) is 24.3 Å². The molecule has 0 saturated carbocycles. The lowest BCUT2D eigenvalue weighted by atomic mass is 10.2. The van der Waals surface area contributed by atoms with Gasteiger partial charge in [-0.2, -0.15) is 0 Å². The molecule has 2 aromatic rings. The Labute approximate surface area is 152 Å². The number of nitrogens with zero attached hydrogens (tertiary/aromatic N) is 3. The van der Waals surface area contributed by atoms with Crippen LogP contribution in [-0.4, -0.2) is 33.6 Å². The number of amides is 1. The van der Waals surface area contributed by atoms with Crippen molar-refractivity contribution < 1.29 is 9.18 Å². The lowest BCUT2D eigenvalue weighted by Crippen LogP contribution is -2.31. The van der Waals surface area contributed by atoms with Gasteiger partial charge in [-0.1, -0.05) is 31.1 Å². The molecule has 0 bridgehead atoms. The predicted octanol–water partition coefficient (Wildman–Crippen LogP) is 4.33. The lowest BCUT2D eigenvalue weighted by molar-refractivity contribution is 0.102. The van der Waals surface area contributed by atoms with Crippen LogP contribution < -0.4 is 5.32 Å². The Morgan fingerprint density at radius 2 is 1.96 bits per heavy atom. The fourth-order valence-corrected chi connectivity index (χ4v) is 3.15. The quantitative estimate of drug-likeness (QED) is 0.673. The average Bonchev–Trinajstić information content (AvgIpc) is 3.05. The molecular formula is C18H25FN4OS. The van der Waals surface area contributed by atoms with Gasteiger partial charge in [0, 0.05) is 11.7 Å². The van der Waals surface area contributed by atoms with Crippen molar-refractivity contribution in [3.63, 3.8) is 0 Å². The van der Waals surface area contributed by atoms with Gasteiger partial charge in [0.2, 0.25) is 5.01 Å². The summed E-state index contributed by atoms with van der Waals surface area (Å²) in [5, 5.41) is 12.0. The molecule has 25 heavy (non-hydrogen) atoms. The Morgan fingerprint density at radius 3 is 2.60 bits per heavy atom. The number of hydrogen-bond acceptors (Lipinski definition) is 5. The number of carbonyl (C=O) groups is 1. The van der Waals surface area contributed by atoms with Crippen molar-refractivity contribution >= 4 is 22.9 Å². The molecule has 0 atom stereocenters. The van der Waals surface area contributed by atoms with Gasteiger partial charge in [-0.25, -0.2) is 4.39 Å². The van der Waals surface area contributed by atoms with Crippen molar-refractivity contribution in [2.45, 2.75) is 52.6 Å². The second kappa shape index (κ2) is 9.58. The van der Waals surface area contributed by atoms with Gasteiger partial charge in [0.05, 0.1) is 6.54 Å². The highest BCUT2D eigenvalue weighted by Gasteiger charge is 2.16. The zero-order chi connectivity index (χ0) is 18.2. The largest absolute Gasteiger partial charge is 0.320 e. The molecule has 0 aliphatic carbocycles. The van der Waals surface area contributed by atoms with E-state index in [2.05, 4.69) is 41.2 Å². The van der Waals surface area contributed by atoms with Crippen molar-refractivity contribution in [3.8, 4) is 0 Å². The Hall–Kier alpha value is -1.86. The van der Waals surface area contributed by atoms with Crippen LogP contribution in [0.5, 0.6) is 0 Å². The van der Waals surface area contributed by atoms with Crippen molar-refractivity contribution in [2.75, 3.05) is 11.9 Å². The maximum Gasteiger partial charge on any atom is 0.286 e. The van der Waals surface area contributed by atoms with Gasteiger partial charge in [-0.05, 0) is 51.1 Å². The molecule has 0 aliphatic rings. The molecular weight excluding hydrogens is 339 g/mol. The van der Waals surface area contributed by atoms with Gasteiger partial charge in [0.1, 0.15) is 10.8 Å². The molecule has 0 saturated heterocycles. The third-order valence-electron chi connectivity index (χ3n) is 3.88. The van der Waals surface area contributed by atoms with Crippen LogP contribution in [0.4, 0.5) is 10.1 Å². The normalized spacial score (nSPS) is 11.3. The predicted molar refractivity (Wildman–Crippen MR) is 99.3 cm³/mol. The molecule has 0 radical (unpaired) electrons. The third kappa shape index (κ3) is 6.17. The van der Waals surface area contributed by atoms with Crippen molar-refractivity contribution in [1.29, 1.82) is 0 Å². The molecule has 1 heterocycles. The van der Waals surface area contributed by atoms with Crippen molar-refractivity contribution in [2.24, 2.45) is 0 Å². The standard InChI is InChI=1S/C18H25FN4OS/c1-4-5-6-11-23(13(2)3)12-16-21-22-18(25-16)17(24)20-15-9-7-14(19)8-10-15/h7-10,13H,4-6,11-12H2,1-3H3,(H,20,24). The maximum atomic E-state index is 12.9. The van der Waals surface area contributed by atoms with E-state index in [1.54, 1.807) is 0 Å². The first-order valence-electron chi connectivity index (χ1n) is 8.63. The molecule has 0 fully saturated rings. The highest BCUT2D eigenvalue weighted by atomic mass is 32.1. The van der Waals surface area contributed by atoms with Crippen molar-refractivity contribution in [3.05, 3.63) is 40.1 Å². The number of aromatic nitrogens is 2. The number of rotatable bonds is 9. The summed E-state index contributed by atoms with van der Waals surface area (Å²) in [6.07, 6.45) is 3.56. The van der Waals surface area contributed by atoms with Gasteiger partial charge in [0.15, 0.2) is 0 Å². The first-order chi connectivity index (χ1) is 12.0. The SMILES string of the molecule is CCCCCN(Cc1nnc(C(=O)Nc2ccc(F)cc2)s1)C(C)C. The molecule has 2 rings (SSSR count). The van der Waals surface area contributed by atoms with Crippen LogP contribution in [0, 0.1) is 5.82 Å². The summed E-state index contributed by atoms with van der Waals surface area (Å²) in [6.45, 7) is 8.23. The summed E-state index contributed by atoms with van der Waals surface area (Å²) in [5.41, 5.74) is 0.534. The van der Waals surface area contributed by atoms with E-state index in [1.165, 1.54) is 48.4 Å². The first-order valence-corrected chi connectivity index (χ1v) is 9.44. The average molecular weight is 364 g/mol. The van der Waals surface area contributed by atoms with Gasteiger partial charge in [0.25, 0.3) is 5.91 Å². The number of hydrogen-bond donors (Lipinski definition) is 1. The fourth-order valence-electron chi connectivity index (χ4n) is 2.39. The number of benzene rings is 1. The number of halogens is 1. The van der Waals surface area contributed by atoms with E-state index in [1.807, 2.05) is 0 Å². The van der Waals surface area contributed by atoms with Crippen LogP contribution in [0.2, 0.25) is 0 Å². The van der Waals surface area contributed by atoms with Gasteiger partial charge >= 0.3 is 0 Å². The minimum absolute atomic E-state index is 0.316. The zero-order valence-corrected chi connectivity index (χ0v) is 15.8. The van der Waals surface area contributed by atoms with Crippen LogP contribution >= 0.6 is 11.3 Å². The number of anilines is 1. The van der Waals surface area contributed by atoms with Crippen LogP contribution in [0.25, 0.3) is 0 Å². The number of nitrogens with one attached hydrogen (secondary N) is 1. The summed E-state index contributed by atoms with van der Waals surface area (Å²) in [5.74, 6) is -0.662. The summed E-state index contributed by atoms with van der Waals surface area (Å²) >= 11 is 1.30. The smallest absolute Gasteiger partial charge is 0.286 e. The molecule has 1 aromatic heterocycles. The van der Waals surface area contributed by atoms with Crippen LogP contribution in [0.1, 0.15) is 54.8 Å². The summed E-state index contributed by atoms with van der Waals surface area (Å²) in [4.78, 5) is 14.6. The molecule has 1 amide bonds. The zero-order valence-electron chi connectivity index (χ0n) is 15.0. The maximum absolute atomic E-state index is 12.9. The Balaban J connectivity index is 1.95. The molecule has 136 valence electrons. The molecule has 1 aromatic carbocycles. The van der Waals surface area contributed by atoms with E-state index < -0.39 is 0 Å². The van der Waals surface area contributed by atoms with Crippen LogP contribution in [0.3, 0.4) is 0 Å². The number of unbranched alkanes of at least 4 members (excludes halogenated alkanes) is 2. The monoisotopic (exact) mass is 364 g/mol. The Morgan fingerprint density at radius 1 is 1.24 bits per heavy atom.